The lowest BCUT2D eigenvalue weighted by Crippen LogP contribution is -2.36. The van der Waals surface area contributed by atoms with E-state index in [1.807, 2.05) is 0 Å². The Morgan fingerprint density at radius 2 is 1.86 bits per heavy atom. The number of aromatic nitrogens is 2. The molecular weight excluding hydrogens is 280 g/mol. The highest BCUT2D eigenvalue weighted by atomic mass is 16.5. The SMILES string of the molecule is COc1ccc(-n2c(=O)[nH]cc(C(=O)O)c2=O)cc1OC. The van der Waals surface area contributed by atoms with Gasteiger partial charge in [-0.25, -0.2) is 14.2 Å². The summed E-state index contributed by atoms with van der Waals surface area (Å²) in [7, 11) is 2.85. The van der Waals surface area contributed by atoms with Gasteiger partial charge in [-0.1, -0.05) is 0 Å². The molecule has 0 saturated heterocycles. The average molecular weight is 292 g/mol. The van der Waals surface area contributed by atoms with Crippen molar-refractivity contribution in [2.75, 3.05) is 14.2 Å². The van der Waals surface area contributed by atoms with Crippen molar-refractivity contribution in [2.24, 2.45) is 0 Å². The minimum atomic E-state index is -1.43. The summed E-state index contributed by atoms with van der Waals surface area (Å²) in [5, 5.41) is 8.93. The molecule has 0 unspecified atom stereocenters. The smallest absolute Gasteiger partial charge is 0.342 e. The summed E-state index contributed by atoms with van der Waals surface area (Å²) in [6.07, 6.45) is 0.865. The van der Waals surface area contributed by atoms with E-state index < -0.39 is 22.8 Å². The zero-order chi connectivity index (χ0) is 15.6. The van der Waals surface area contributed by atoms with E-state index in [1.54, 1.807) is 0 Å². The Bertz CT molecular complexity index is 805. The second-order valence-electron chi connectivity index (χ2n) is 3.99. The van der Waals surface area contributed by atoms with E-state index >= 15 is 0 Å². The first-order chi connectivity index (χ1) is 9.99. The van der Waals surface area contributed by atoms with E-state index in [1.165, 1.54) is 32.4 Å². The number of carboxylic acids is 1. The maximum Gasteiger partial charge on any atom is 0.342 e. The quantitative estimate of drug-likeness (QED) is 0.835. The number of aromatic amines is 1. The Labute approximate surface area is 118 Å². The number of rotatable bonds is 4. The summed E-state index contributed by atoms with van der Waals surface area (Å²) in [5.41, 5.74) is -2.05. The van der Waals surface area contributed by atoms with Crippen LogP contribution in [0.25, 0.3) is 5.69 Å². The number of carboxylic acid groups (broad SMARTS) is 1. The molecule has 0 aliphatic rings. The molecule has 21 heavy (non-hydrogen) atoms. The lowest BCUT2D eigenvalue weighted by Gasteiger charge is -2.10. The number of benzene rings is 1. The van der Waals surface area contributed by atoms with Gasteiger partial charge in [0.15, 0.2) is 11.5 Å². The van der Waals surface area contributed by atoms with Crippen molar-refractivity contribution in [2.45, 2.75) is 0 Å². The fourth-order valence-electron chi connectivity index (χ4n) is 1.82. The lowest BCUT2D eigenvalue weighted by atomic mass is 10.2. The lowest BCUT2D eigenvalue weighted by molar-refractivity contribution is 0.0694. The first-order valence-electron chi connectivity index (χ1n) is 5.80. The maximum absolute atomic E-state index is 12.1. The van der Waals surface area contributed by atoms with Gasteiger partial charge in [0.05, 0.1) is 19.9 Å². The number of hydrogen-bond donors (Lipinski definition) is 2. The van der Waals surface area contributed by atoms with Crippen LogP contribution in [0.4, 0.5) is 0 Å². The molecule has 0 spiro atoms. The minimum Gasteiger partial charge on any atom is -0.493 e. The highest BCUT2D eigenvalue weighted by Crippen LogP contribution is 2.28. The summed E-state index contributed by atoms with van der Waals surface area (Å²) in [5.74, 6) is -0.701. The van der Waals surface area contributed by atoms with Crippen LogP contribution in [-0.4, -0.2) is 34.8 Å². The summed E-state index contributed by atoms with van der Waals surface area (Å²) >= 11 is 0. The molecule has 1 aromatic carbocycles. The van der Waals surface area contributed by atoms with Crippen LogP contribution in [-0.2, 0) is 0 Å². The first kappa shape index (κ1) is 14.4. The Hall–Kier alpha value is -3.03. The van der Waals surface area contributed by atoms with Crippen molar-refractivity contribution in [3.8, 4) is 17.2 Å². The highest BCUT2D eigenvalue weighted by Gasteiger charge is 2.16. The Morgan fingerprint density at radius 1 is 1.19 bits per heavy atom. The van der Waals surface area contributed by atoms with E-state index in [9.17, 15) is 14.4 Å². The molecule has 0 amide bonds. The van der Waals surface area contributed by atoms with Crippen molar-refractivity contribution < 1.29 is 19.4 Å². The van der Waals surface area contributed by atoms with Crippen LogP contribution in [0.5, 0.6) is 11.5 Å². The molecular formula is C13H12N2O6. The molecule has 1 aromatic heterocycles. The number of nitrogens with one attached hydrogen (secondary N) is 1. The second-order valence-corrected chi connectivity index (χ2v) is 3.99. The van der Waals surface area contributed by atoms with Gasteiger partial charge in [0, 0.05) is 12.3 Å². The summed E-state index contributed by atoms with van der Waals surface area (Å²) in [6.45, 7) is 0. The number of nitrogens with zero attached hydrogens (tertiary/aromatic N) is 1. The molecule has 0 bridgehead atoms. The molecule has 0 fully saturated rings. The molecule has 110 valence electrons. The van der Waals surface area contributed by atoms with Crippen LogP contribution in [0.2, 0.25) is 0 Å². The van der Waals surface area contributed by atoms with Crippen LogP contribution in [0.1, 0.15) is 10.4 Å². The molecule has 0 aliphatic heterocycles. The van der Waals surface area contributed by atoms with Gasteiger partial charge in [-0.15, -0.1) is 0 Å². The largest absolute Gasteiger partial charge is 0.493 e. The number of H-pyrrole nitrogens is 1. The van der Waals surface area contributed by atoms with Crippen molar-refractivity contribution in [3.05, 3.63) is 50.8 Å². The zero-order valence-electron chi connectivity index (χ0n) is 11.2. The number of hydrogen-bond acceptors (Lipinski definition) is 5. The molecule has 0 atom stereocenters. The Morgan fingerprint density at radius 3 is 2.43 bits per heavy atom. The summed E-state index contributed by atoms with van der Waals surface area (Å²) < 4.78 is 10.9. The molecule has 2 N–H and O–H groups in total. The normalized spacial score (nSPS) is 10.2. The van der Waals surface area contributed by atoms with E-state index in [2.05, 4.69) is 4.98 Å². The van der Waals surface area contributed by atoms with Gasteiger partial charge in [0.2, 0.25) is 0 Å². The first-order valence-corrected chi connectivity index (χ1v) is 5.80. The maximum atomic E-state index is 12.1. The molecule has 8 heteroatoms. The summed E-state index contributed by atoms with van der Waals surface area (Å²) in [6, 6.07) is 4.36. The van der Waals surface area contributed by atoms with Crippen LogP contribution < -0.4 is 20.7 Å². The second kappa shape index (κ2) is 5.53. The third-order valence-corrected chi connectivity index (χ3v) is 2.83. The predicted octanol–water partition coefficient (Wildman–Crippen LogP) is 0.241. The zero-order valence-corrected chi connectivity index (χ0v) is 11.2. The molecule has 1 heterocycles. The van der Waals surface area contributed by atoms with Crippen LogP contribution in [0.15, 0.2) is 34.0 Å². The van der Waals surface area contributed by atoms with E-state index in [-0.39, 0.29) is 5.69 Å². The number of ether oxygens (including phenoxy) is 2. The van der Waals surface area contributed by atoms with Gasteiger partial charge >= 0.3 is 11.7 Å². The van der Waals surface area contributed by atoms with Gasteiger partial charge < -0.3 is 19.6 Å². The monoisotopic (exact) mass is 292 g/mol. The van der Waals surface area contributed by atoms with Gasteiger partial charge in [-0.2, -0.15) is 0 Å². The highest BCUT2D eigenvalue weighted by molar-refractivity contribution is 5.86. The van der Waals surface area contributed by atoms with Gasteiger partial charge in [-0.3, -0.25) is 4.79 Å². The van der Waals surface area contributed by atoms with Crippen molar-refractivity contribution in [1.29, 1.82) is 0 Å². The number of carbonyl (C=O) groups is 1. The van der Waals surface area contributed by atoms with E-state index in [0.717, 1.165) is 6.20 Å². The van der Waals surface area contributed by atoms with Crippen molar-refractivity contribution in [3.63, 3.8) is 0 Å². The molecule has 2 rings (SSSR count). The molecule has 0 saturated carbocycles. The standard InChI is InChI=1S/C13H12N2O6/c1-20-9-4-3-7(5-10(9)21-2)15-11(16)8(12(17)18)6-14-13(15)19/h3-6H,1-2H3,(H,14,19)(H,17,18). The molecule has 0 radical (unpaired) electrons. The predicted molar refractivity (Wildman–Crippen MR) is 72.7 cm³/mol. The average Bonchev–Trinajstić information content (AvgIpc) is 2.46. The minimum absolute atomic E-state index is 0.169. The van der Waals surface area contributed by atoms with Gasteiger partial charge in [0.1, 0.15) is 5.56 Å². The van der Waals surface area contributed by atoms with Crippen molar-refractivity contribution >= 4 is 5.97 Å². The number of aromatic carboxylic acids is 1. The molecule has 2 aromatic rings. The summed E-state index contributed by atoms with van der Waals surface area (Å²) in [4.78, 5) is 37.1. The van der Waals surface area contributed by atoms with Crippen LogP contribution in [0.3, 0.4) is 0 Å². The molecule has 8 nitrogen and oxygen atoms in total. The fraction of sp³-hybridized carbons (Fsp3) is 0.154. The Kier molecular flexibility index (Phi) is 3.79. The van der Waals surface area contributed by atoms with Gasteiger partial charge in [0.25, 0.3) is 5.56 Å². The van der Waals surface area contributed by atoms with Gasteiger partial charge in [-0.05, 0) is 12.1 Å². The fourth-order valence-corrected chi connectivity index (χ4v) is 1.82. The Balaban J connectivity index is 2.73. The van der Waals surface area contributed by atoms with E-state index in [4.69, 9.17) is 14.6 Å². The molecule has 0 aliphatic carbocycles. The third-order valence-electron chi connectivity index (χ3n) is 2.83. The van der Waals surface area contributed by atoms with E-state index in [0.29, 0.717) is 16.1 Å². The van der Waals surface area contributed by atoms with Crippen molar-refractivity contribution in [1.82, 2.24) is 9.55 Å². The number of methoxy groups -OCH3 is 2. The third kappa shape index (κ3) is 2.50. The van der Waals surface area contributed by atoms with Crippen LogP contribution >= 0.6 is 0 Å². The van der Waals surface area contributed by atoms with Crippen LogP contribution in [0, 0.1) is 0 Å². The topological polar surface area (TPSA) is 111 Å².